The molecule has 0 fully saturated rings. The van der Waals surface area contributed by atoms with Gasteiger partial charge in [0, 0.05) is 35.3 Å². The summed E-state index contributed by atoms with van der Waals surface area (Å²) in [5.74, 6) is 0. The Bertz CT molecular complexity index is 699. The molecule has 0 atom stereocenters. The van der Waals surface area contributed by atoms with Gasteiger partial charge in [0.15, 0.2) is 0 Å². The third kappa shape index (κ3) is 8.30. The number of aryl methyl sites for hydroxylation is 1. The Morgan fingerprint density at radius 3 is 1.89 bits per heavy atom. The fraction of sp³-hybridized carbons (Fsp3) is 0.667. The van der Waals surface area contributed by atoms with Crippen LogP contribution in [0.5, 0.6) is 0 Å². The van der Waals surface area contributed by atoms with Gasteiger partial charge in [-0.15, -0.1) is 0 Å². The molecule has 0 heterocycles. The Morgan fingerprint density at radius 1 is 0.964 bits per heavy atom. The first-order valence-corrected chi connectivity index (χ1v) is 13.1. The van der Waals surface area contributed by atoms with E-state index in [0.717, 1.165) is 37.7 Å². The van der Waals surface area contributed by atoms with Crippen LogP contribution in [0.25, 0.3) is 10.4 Å². The molecule has 0 aliphatic carbocycles. The van der Waals surface area contributed by atoms with E-state index in [2.05, 4.69) is 30.2 Å². The van der Waals surface area contributed by atoms with Crippen LogP contribution in [0, 0.1) is 0 Å². The lowest BCUT2D eigenvalue weighted by atomic mass is 10.1. The van der Waals surface area contributed by atoms with Crippen LogP contribution in [0.15, 0.2) is 33.7 Å². The summed E-state index contributed by atoms with van der Waals surface area (Å²) in [6.45, 7) is 8.03. The van der Waals surface area contributed by atoms with Gasteiger partial charge in [-0.2, -0.15) is 0 Å². The smallest absolute Gasteiger partial charge is 0.373 e. The Labute approximate surface area is 169 Å². The number of hydrogen-bond acceptors (Lipinski definition) is 5. The van der Waals surface area contributed by atoms with Gasteiger partial charge in [-0.05, 0) is 55.3 Å². The molecule has 0 aliphatic heterocycles. The van der Waals surface area contributed by atoms with E-state index in [1.54, 1.807) is 12.1 Å². The van der Waals surface area contributed by atoms with Gasteiger partial charge in [0.1, 0.15) is 0 Å². The molecule has 0 saturated carbocycles. The van der Waals surface area contributed by atoms with Crippen LogP contribution in [0.1, 0.15) is 52.0 Å². The lowest BCUT2D eigenvalue weighted by Gasteiger charge is -2.29. The largest absolute Gasteiger partial charge is 0.500 e. The van der Waals surface area contributed by atoms with Gasteiger partial charge < -0.3 is 13.3 Å². The summed E-state index contributed by atoms with van der Waals surface area (Å²) in [6.07, 6.45) is 4.27. The Morgan fingerprint density at radius 2 is 1.46 bits per heavy atom. The summed E-state index contributed by atoms with van der Waals surface area (Å²) >= 11 is 0. The van der Waals surface area contributed by atoms with E-state index >= 15 is 0 Å². The first-order chi connectivity index (χ1) is 13.4. The molecule has 8 nitrogen and oxygen atoms in total. The quantitative estimate of drug-likeness (QED) is 0.171. The molecule has 0 aliphatic rings. The van der Waals surface area contributed by atoms with Crippen molar-refractivity contribution in [1.29, 1.82) is 0 Å². The molecule has 0 unspecified atom stereocenters. The first kappa shape index (κ1) is 24.6. The maximum absolute atomic E-state index is 11.7. The van der Waals surface area contributed by atoms with Crippen LogP contribution in [0.4, 0.5) is 0 Å². The van der Waals surface area contributed by atoms with Crippen LogP contribution in [-0.2, 0) is 29.7 Å². The highest BCUT2D eigenvalue weighted by atomic mass is 32.2. The highest BCUT2D eigenvalue weighted by molar-refractivity contribution is 7.90. The van der Waals surface area contributed by atoms with Crippen LogP contribution in [0.2, 0.25) is 6.04 Å². The van der Waals surface area contributed by atoms with Crippen molar-refractivity contribution in [2.75, 3.05) is 19.8 Å². The summed E-state index contributed by atoms with van der Waals surface area (Å²) in [6, 6.07) is 7.09. The van der Waals surface area contributed by atoms with E-state index in [4.69, 9.17) is 18.8 Å². The third-order valence-electron chi connectivity index (χ3n) is 3.89. The van der Waals surface area contributed by atoms with E-state index in [1.165, 1.54) is 12.1 Å². The van der Waals surface area contributed by atoms with Gasteiger partial charge in [-0.25, -0.2) is 8.42 Å². The zero-order chi connectivity index (χ0) is 20.9. The molecular weight excluding hydrogens is 398 g/mol. The predicted molar refractivity (Wildman–Crippen MR) is 110 cm³/mol. The second kappa shape index (κ2) is 12.9. The van der Waals surface area contributed by atoms with Crippen molar-refractivity contribution in [3.63, 3.8) is 0 Å². The van der Waals surface area contributed by atoms with E-state index in [-0.39, 0.29) is 4.90 Å². The van der Waals surface area contributed by atoms with E-state index in [9.17, 15) is 8.42 Å². The van der Waals surface area contributed by atoms with Crippen molar-refractivity contribution in [3.8, 4) is 0 Å². The summed E-state index contributed by atoms with van der Waals surface area (Å²) < 4.78 is 44.5. The van der Waals surface area contributed by atoms with Crippen LogP contribution in [-0.4, -0.2) is 37.0 Å². The molecule has 0 bridgehead atoms. The third-order valence-corrected chi connectivity index (χ3v) is 7.95. The standard InChI is InChI=1S/C18H31N3O5SSi/c1-4-13-24-28(25-14-5-2,26-15-6-3)16-7-8-17-9-11-18(12-10-17)27(22,23)21-20-19/h9-12H,4-8,13-16H2,1-3H3. The van der Waals surface area contributed by atoms with Gasteiger partial charge in [-0.3, -0.25) is 0 Å². The number of rotatable bonds is 15. The van der Waals surface area contributed by atoms with Crippen LogP contribution < -0.4 is 0 Å². The zero-order valence-corrected chi connectivity index (χ0v) is 18.8. The molecule has 158 valence electrons. The van der Waals surface area contributed by atoms with Gasteiger partial charge in [0.2, 0.25) is 0 Å². The fourth-order valence-corrected chi connectivity index (χ4v) is 6.06. The van der Waals surface area contributed by atoms with Crippen molar-refractivity contribution in [2.24, 2.45) is 4.52 Å². The molecule has 0 radical (unpaired) electrons. The van der Waals surface area contributed by atoms with Gasteiger partial charge in [0.25, 0.3) is 10.0 Å². The minimum absolute atomic E-state index is 0.0124. The summed E-state index contributed by atoms with van der Waals surface area (Å²) in [5, 5.41) is 0. The van der Waals surface area contributed by atoms with Gasteiger partial charge >= 0.3 is 8.80 Å². The summed E-state index contributed by atoms with van der Waals surface area (Å²) in [7, 11) is -6.66. The monoisotopic (exact) mass is 429 g/mol. The molecule has 0 N–H and O–H groups in total. The maximum atomic E-state index is 11.7. The summed E-state index contributed by atoms with van der Waals surface area (Å²) in [4.78, 5) is 2.34. The van der Waals surface area contributed by atoms with Crippen molar-refractivity contribution in [2.45, 2.75) is 63.8 Å². The highest BCUT2D eigenvalue weighted by Gasteiger charge is 2.40. The normalized spacial score (nSPS) is 12.0. The number of sulfonamides is 1. The molecule has 0 aromatic heterocycles. The summed E-state index contributed by atoms with van der Waals surface area (Å²) in [5.41, 5.74) is 9.33. The Balaban J connectivity index is 2.76. The average Bonchev–Trinajstić information content (AvgIpc) is 2.69. The van der Waals surface area contributed by atoms with E-state index < -0.39 is 18.8 Å². The lowest BCUT2D eigenvalue weighted by molar-refractivity contribution is 0.0588. The second-order valence-electron chi connectivity index (χ2n) is 6.37. The molecule has 1 aromatic rings. The number of nitrogens with zero attached hydrogens (tertiary/aromatic N) is 3. The molecule has 28 heavy (non-hydrogen) atoms. The van der Waals surface area contributed by atoms with E-state index in [1.807, 2.05) is 0 Å². The van der Waals surface area contributed by atoms with Crippen LogP contribution in [0.3, 0.4) is 0 Å². The average molecular weight is 430 g/mol. The number of benzene rings is 1. The molecule has 10 heteroatoms. The Hall–Kier alpha value is -1.42. The fourth-order valence-electron chi connectivity index (χ4n) is 2.55. The van der Waals surface area contributed by atoms with E-state index in [0.29, 0.717) is 25.9 Å². The lowest BCUT2D eigenvalue weighted by Crippen LogP contribution is -2.46. The van der Waals surface area contributed by atoms with Crippen molar-refractivity contribution < 1.29 is 21.7 Å². The predicted octanol–water partition coefficient (Wildman–Crippen LogP) is 4.84. The molecule has 1 rings (SSSR count). The molecule has 0 saturated heterocycles. The SMILES string of the molecule is CCCO[Si](CCCc1ccc(S(=O)(=O)N=[N+]=[N-])cc1)(OCCC)OCCC. The van der Waals surface area contributed by atoms with Crippen molar-refractivity contribution in [1.82, 2.24) is 0 Å². The maximum Gasteiger partial charge on any atom is 0.500 e. The highest BCUT2D eigenvalue weighted by Crippen LogP contribution is 2.22. The van der Waals surface area contributed by atoms with Gasteiger partial charge in [-0.1, -0.05) is 32.9 Å². The zero-order valence-electron chi connectivity index (χ0n) is 17.0. The number of hydrogen-bond donors (Lipinski definition) is 0. The minimum atomic E-state index is -3.95. The van der Waals surface area contributed by atoms with Crippen LogP contribution >= 0.6 is 0 Å². The van der Waals surface area contributed by atoms with Crippen molar-refractivity contribution >= 4 is 18.8 Å². The number of azide groups is 1. The van der Waals surface area contributed by atoms with Gasteiger partial charge in [0.05, 0.1) is 4.90 Å². The molecular formula is C18H31N3O5SSi. The molecule has 1 aromatic carbocycles. The first-order valence-electron chi connectivity index (χ1n) is 9.75. The molecule has 0 amide bonds. The topological polar surface area (TPSA) is 111 Å². The Kier molecular flexibility index (Phi) is 11.4. The van der Waals surface area contributed by atoms with Crippen molar-refractivity contribution in [3.05, 3.63) is 40.3 Å². The second-order valence-corrected chi connectivity index (χ2v) is 10.7. The minimum Gasteiger partial charge on any atom is -0.373 e. The molecule has 0 spiro atoms.